The molecule has 0 aromatic heterocycles. The molecule has 0 aliphatic rings. The second kappa shape index (κ2) is 3.72. The summed E-state index contributed by atoms with van der Waals surface area (Å²) in [4.78, 5) is 11.2. The van der Waals surface area contributed by atoms with Crippen LogP contribution in [0.1, 0.15) is 34.6 Å². The fraction of sp³-hybridized carbons (Fsp3) is 0.875. The number of hydrazine groups is 1. The average molecular weight is 158 g/mol. The molecule has 3 nitrogen and oxygen atoms in total. The van der Waals surface area contributed by atoms with Crippen molar-refractivity contribution in [2.45, 2.75) is 40.7 Å². The molecule has 0 unspecified atom stereocenters. The second-order valence-corrected chi connectivity index (χ2v) is 4.00. The molecule has 0 aromatic rings. The Morgan fingerprint density at radius 1 is 1.27 bits per heavy atom. The lowest BCUT2D eigenvalue weighted by atomic mass is 9.96. The molecule has 0 bridgehead atoms. The first-order chi connectivity index (χ1) is 4.84. The minimum Gasteiger partial charge on any atom is -0.291 e. The van der Waals surface area contributed by atoms with Crippen LogP contribution in [0.25, 0.3) is 0 Å². The maximum atomic E-state index is 11.2. The summed E-state index contributed by atoms with van der Waals surface area (Å²) in [6.07, 6.45) is 0. The lowest BCUT2D eigenvalue weighted by molar-refractivity contribution is -0.129. The van der Waals surface area contributed by atoms with Gasteiger partial charge in [-0.2, -0.15) is 0 Å². The van der Waals surface area contributed by atoms with Crippen molar-refractivity contribution in [1.82, 2.24) is 10.9 Å². The summed E-state index contributed by atoms with van der Waals surface area (Å²) in [6, 6.07) is 0.279. The molecule has 0 saturated heterocycles. The second-order valence-electron chi connectivity index (χ2n) is 4.00. The van der Waals surface area contributed by atoms with Crippen LogP contribution < -0.4 is 10.9 Å². The molecular weight excluding hydrogens is 140 g/mol. The molecule has 3 heteroatoms. The van der Waals surface area contributed by atoms with Crippen molar-refractivity contribution in [1.29, 1.82) is 0 Å². The molecule has 0 spiro atoms. The molecule has 0 aliphatic heterocycles. The summed E-state index contributed by atoms with van der Waals surface area (Å²) in [5.74, 6) is 0.0196. The summed E-state index contributed by atoms with van der Waals surface area (Å²) in [6.45, 7) is 9.59. The van der Waals surface area contributed by atoms with Gasteiger partial charge in [-0.05, 0) is 13.8 Å². The van der Waals surface area contributed by atoms with Gasteiger partial charge in [0.15, 0.2) is 0 Å². The first-order valence-electron chi connectivity index (χ1n) is 3.90. The summed E-state index contributed by atoms with van der Waals surface area (Å²) in [5, 5.41) is 0. The molecule has 0 radical (unpaired) electrons. The van der Waals surface area contributed by atoms with Crippen molar-refractivity contribution >= 4 is 5.91 Å². The van der Waals surface area contributed by atoms with Gasteiger partial charge in [0.05, 0.1) is 0 Å². The maximum Gasteiger partial charge on any atom is 0.239 e. The van der Waals surface area contributed by atoms with E-state index in [1.807, 2.05) is 34.6 Å². The van der Waals surface area contributed by atoms with Crippen LogP contribution in [0.2, 0.25) is 0 Å². The molecule has 0 heterocycles. The lowest BCUT2D eigenvalue weighted by Crippen LogP contribution is -2.46. The Kier molecular flexibility index (Phi) is 3.52. The van der Waals surface area contributed by atoms with Gasteiger partial charge < -0.3 is 0 Å². The molecule has 0 fully saturated rings. The van der Waals surface area contributed by atoms with Gasteiger partial charge in [0.1, 0.15) is 0 Å². The Bertz CT molecular complexity index is 136. The fourth-order valence-electron chi connectivity index (χ4n) is 0.397. The van der Waals surface area contributed by atoms with E-state index in [1.165, 1.54) is 0 Å². The van der Waals surface area contributed by atoms with E-state index in [4.69, 9.17) is 0 Å². The van der Waals surface area contributed by atoms with E-state index in [9.17, 15) is 4.79 Å². The Morgan fingerprint density at radius 2 is 1.73 bits per heavy atom. The summed E-state index contributed by atoms with van der Waals surface area (Å²) in [5.41, 5.74) is 5.17. The van der Waals surface area contributed by atoms with E-state index in [-0.39, 0.29) is 17.4 Å². The Hall–Kier alpha value is -0.570. The van der Waals surface area contributed by atoms with E-state index in [0.717, 1.165) is 0 Å². The molecule has 0 aromatic carbocycles. The standard InChI is InChI=1S/C8H18N2O/c1-6(2)9-10-7(11)8(3,4)5/h6,9H,1-5H3,(H,10,11). The third-order valence-corrected chi connectivity index (χ3v) is 1.16. The molecule has 11 heavy (non-hydrogen) atoms. The largest absolute Gasteiger partial charge is 0.291 e. The van der Waals surface area contributed by atoms with Crippen molar-refractivity contribution in [3.05, 3.63) is 0 Å². The Balaban J connectivity index is 3.71. The third kappa shape index (κ3) is 4.79. The lowest BCUT2D eigenvalue weighted by Gasteiger charge is -2.19. The van der Waals surface area contributed by atoms with Gasteiger partial charge in [0.2, 0.25) is 5.91 Å². The zero-order chi connectivity index (χ0) is 9.07. The first kappa shape index (κ1) is 10.4. The highest BCUT2D eigenvalue weighted by Gasteiger charge is 2.20. The summed E-state index contributed by atoms with van der Waals surface area (Å²) < 4.78 is 0. The first-order valence-corrected chi connectivity index (χ1v) is 3.90. The minimum absolute atomic E-state index is 0.0196. The van der Waals surface area contributed by atoms with Gasteiger partial charge in [-0.25, -0.2) is 5.43 Å². The fourth-order valence-corrected chi connectivity index (χ4v) is 0.397. The van der Waals surface area contributed by atoms with E-state index in [0.29, 0.717) is 0 Å². The average Bonchev–Trinajstić information content (AvgIpc) is 1.80. The van der Waals surface area contributed by atoms with Crippen molar-refractivity contribution in [3.8, 4) is 0 Å². The van der Waals surface area contributed by atoms with Gasteiger partial charge in [-0.1, -0.05) is 20.8 Å². The van der Waals surface area contributed by atoms with Crippen LogP contribution in [-0.2, 0) is 4.79 Å². The number of nitrogens with one attached hydrogen (secondary N) is 2. The van der Waals surface area contributed by atoms with Gasteiger partial charge in [0, 0.05) is 11.5 Å². The molecule has 1 amide bonds. The molecule has 0 aliphatic carbocycles. The predicted octanol–water partition coefficient (Wildman–Crippen LogP) is 1.06. The number of hydrogen-bond acceptors (Lipinski definition) is 2. The van der Waals surface area contributed by atoms with Gasteiger partial charge in [-0.3, -0.25) is 10.2 Å². The monoisotopic (exact) mass is 158 g/mol. The highest BCUT2D eigenvalue weighted by Crippen LogP contribution is 2.11. The highest BCUT2D eigenvalue weighted by atomic mass is 16.2. The Labute approximate surface area is 68.5 Å². The minimum atomic E-state index is -0.318. The summed E-state index contributed by atoms with van der Waals surface area (Å²) >= 11 is 0. The number of amides is 1. The van der Waals surface area contributed by atoms with Crippen LogP contribution in [0.3, 0.4) is 0 Å². The van der Waals surface area contributed by atoms with Crippen LogP contribution >= 0.6 is 0 Å². The topological polar surface area (TPSA) is 41.1 Å². The van der Waals surface area contributed by atoms with E-state index in [2.05, 4.69) is 10.9 Å². The maximum absolute atomic E-state index is 11.2. The number of carbonyl (C=O) groups excluding carboxylic acids is 1. The molecule has 2 N–H and O–H groups in total. The van der Waals surface area contributed by atoms with Crippen LogP contribution in [-0.4, -0.2) is 11.9 Å². The van der Waals surface area contributed by atoms with Crippen LogP contribution in [0.4, 0.5) is 0 Å². The molecule has 0 atom stereocenters. The smallest absolute Gasteiger partial charge is 0.239 e. The van der Waals surface area contributed by atoms with Crippen LogP contribution in [0.15, 0.2) is 0 Å². The predicted molar refractivity (Wildman–Crippen MR) is 45.9 cm³/mol. The molecule has 66 valence electrons. The van der Waals surface area contributed by atoms with Gasteiger partial charge >= 0.3 is 0 Å². The third-order valence-electron chi connectivity index (χ3n) is 1.16. The zero-order valence-corrected chi connectivity index (χ0v) is 7.99. The number of rotatable bonds is 2. The van der Waals surface area contributed by atoms with Gasteiger partial charge in [0.25, 0.3) is 0 Å². The van der Waals surface area contributed by atoms with Crippen molar-refractivity contribution in [2.24, 2.45) is 5.41 Å². The van der Waals surface area contributed by atoms with Crippen molar-refractivity contribution < 1.29 is 4.79 Å². The van der Waals surface area contributed by atoms with Crippen molar-refractivity contribution in [2.75, 3.05) is 0 Å². The number of hydrogen-bond donors (Lipinski definition) is 2. The van der Waals surface area contributed by atoms with Crippen LogP contribution in [0, 0.1) is 5.41 Å². The summed E-state index contributed by atoms with van der Waals surface area (Å²) in [7, 11) is 0. The Morgan fingerprint density at radius 3 is 2.00 bits per heavy atom. The van der Waals surface area contributed by atoms with Crippen LogP contribution in [0.5, 0.6) is 0 Å². The molecule has 0 rings (SSSR count). The van der Waals surface area contributed by atoms with E-state index < -0.39 is 0 Å². The molecule has 0 saturated carbocycles. The zero-order valence-electron chi connectivity index (χ0n) is 7.99. The SMILES string of the molecule is CC(C)NNC(=O)C(C)(C)C. The van der Waals surface area contributed by atoms with E-state index in [1.54, 1.807) is 0 Å². The highest BCUT2D eigenvalue weighted by molar-refractivity contribution is 5.80. The molecular formula is C8H18N2O. The van der Waals surface area contributed by atoms with Crippen molar-refractivity contribution in [3.63, 3.8) is 0 Å². The van der Waals surface area contributed by atoms with E-state index >= 15 is 0 Å². The number of carbonyl (C=O) groups is 1. The quantitative estimate of drug-likeness (QED) is 0.590. The van der Waals surface area contributed by atoms with Gasteiger partial charge in [-0.15, -0.1) is 0 Å². The normalized spacial score (nSPS) is 11.8.